The molecule has 5 aromatic rings. The molecule has 0 fully saturated rings. The third-order valence-corrected chi connectivity index (χ3v) is 7.78. The highest BCUT2D eigenvalue weighted by Crippen LogP contribution is 2.50. The molecule has 4 aromatic carbocycles. The van der Waals surface area contributed by atoms with Gasteiger partial charge in [0.15, 0.2) is 28.6 Å². The highest BCUT2D eigenvalue weighted by Gasteiger charge is 2.31. The predicted octanol–water partition coefficient (Wildman–Crippen LogP) is 5.25. The van der Waals surface area contributed by atoms with Gasteiger partial charge in [-0.05, 0) is 42.8 Å². The molecule has 43 heavy (non-hydrogen) atoms. The molecule has 0 atom stereocenters. The average molecular weight is 607 g/mol. The van der Waals surface area contributed by atoms with Crippen LogP contribution in [-0.4, -0.2) is 38.0 Å². The van der Waals surface area contributed by atoms with Gasteiger partial charge in [0.2, 0.25) is 28.4 Å². The molecule has 0 aliphatic heterocycles. The maximum atomic E-state index is 13.8. The zero-order chi connectivity index (χ0) is 30.9. The molecule has 0 bridgehead atoms. The van der Waals surface area contributed by atoms with Crippen molar-refractivity contribution in [3.63, 3.8) is 0 Å². The van der Waals surface area contributed by atoms with Gasteiger partial charge in [-0.1, -0.05) is 48.0 Å². The maximum absolute atomic E-state index is 13.8. The van der Waals surface area contributed by atoms with Crippen molar-refractivity contribution in [2.24, 2.45) is 0 Å². The maximum Gasteiger partial charge on any atom is 0.339 e. The number of fused-ring (bicyclic) bond motifs is 1. The van der Waals surface area contributed by atoms with Crippen LogP contribution < -0.4 is 23.8 Å². The van der Waals surface area contributed by atoms with Crippen molar-refractivity contribution in [2.45, 2.75) is 18.4 Å². The number of hydrogen-bond donors (Lipinski definition) is 3. The van der Waals surface area contributed by atoms with E-state index in [1.54, 1.807) is 19.1 Å². The third kappa shape index (κ3) is 5.47. The Morgan fingerprint density at radius 2 is 1.49 bits per heavy atom. The van der Waals surface area contributed by atoms with Crippen molar-refractivity contribution < 1.29 is 46.5 Å². The van der Waals surface area contributed by atoms with E-state index in [0.717, 1.165) is 18.2 Å². The number of phenolic OH excluding ortho intramolecular Hbond substituents is 3. The van der Waals surface area contributed by atoms with Crippen molar-refractivity contribution >= 4 is 21.1 Å². The minimum atomic E-state index is -4.60. The molecule has 11 nitrogen and oxygen atoms in total. The second kappa shape index (κ2) is 11.5. The smallest absolute Gasteiger partial charge is 0.339 e. The molecule has 3 N–H and O–H groups in total. The number of benzene rings is 4. The van der Waals surface area contributed by atoms with Crippen LogP contribution in [0.3, 0.4) is 0 Å². The highest BCUT2D eigenvalue weighted by atomic mass is 32.2. The molecule has 1 aromatic heterocycles. The first-order valence-electron chi connectivity index (χ1n) is 12.7. The molecule has 1 heterocycles. The Balaban J connectivity index is 1.71. The summed E-state index contributed by atoms with van der Waals surface area (Å²) in [5.41, 5.74) is 0.172. The second-order valence-corrected chi connectivity index (χ2v) is 10.9. The first kappa shape index (κ1) is 29.1. The fraction of sp³-hybridized carbons (Fsp3) is 0.129. The second-order valence-electron chi connectivity index (χ2n) is 9.36. The minimum Gasteiger partial charge on any atom is -0.504 e. The number of rotatable bonds is 9. The van der Waals surface area contributed by atoms with Gasteiger partial charge in [-0.15, -0.1) is 0 Å². The van der Waals surface area contributed by atoms with Gasteiger partial charge < -0.3 is 38.1 Å². The SMILES string of the molecule is COc1cc(-c2oc3c(OC)c(O)c(O)c(O)c3c(=O)c2OS(=O)(=O)c2ccc(C)cc2)ccc1OCc1ccccc1. The molecular weight excluding hydrogens is 580 g/mol. The van der Waals surface area contributed by atoms with Crippen LogP contribution >= 0.6 is 0 Å². The molecule has 222 valence electrons. The van der Waals surface area contributed by atoms with Gasteiger partial charge in [0.1, 0.15) is 16.9 Å². The van der Waals surface area contributed by atoms with Crippen LogP contribution in [0.1, 0.15) is 11.1 Å². The van der Waals surface area contributed by atoms with E-state index >= 15 is 0 Å². The lowest BCUT2D eigenvalue weighted by atomic mass is 10.1. The molecule has 0 spiro atoms. The summed E-state index contributed by atoms with van der Waals surface area (Å²) in [5.74, 6) is -4.18. The molecule has 0 saturated heterocycles. The van der Waals surface area contributed by atoms with Gasteiger partial charge in [0.25, 0.3) is 0 Å². The summed E-state index contributed by atoms with van der Waals surface area (Å²) in [7, 11) is -2.07. The van der Waals surface area contributed by atoms with E-state index in [2.05, 4.69) is 0 Å². The Bertz CT molecular complexity index is 1980. The monoisotopic (exact) mass is 606 g/mol. The van der Waals surface area contributed by atoms with E-state index in [-0.39, 0.29) is 22.8 Å². The topological polar surface area (TPSA) is 162 Å². The largest absolute Gasteiger partial charge is 0.504 e. The van der Waals surface area contributed by atoms with Crippen molar-refractivity contribution in [3.05, 3.63) is 94.1 Å². The summed E-state index contributed by atoms with van der Waals surface area (Å²) in [6, 6.07) is 19.6. The number of aromatic hydroxyl groups is 3. The Hall–Kier alpha value is -5.36. The Morgan fingerprint density at radius 1 is 0.791 bits per heavy atom. The summed E-state index contributed by atoms with van der Waals surface area (Å²) < 4.78 is 54.4. The van der Waals surface area contributed by atoms with Crippen molar-refractivity contribution in [1.82, 2.24) is 0 Å². The van der Waals surface area contributed by atoms with Gasteiger partial charge in [-0.25, -0.2) is 0 Å². The first-order valence-corrected chi connectivity index (χ1v) is 14.1. The van der Waals surface area contributed by atoms with Crippen LogP contribution in [0.15, 0.2) is 86.9 Å². The summed E-state index contributed by atoms with van der Waals surface area (Å²) >= 11 is 0. The summed E-state index contributed by atoms with van der Waals surface area (Å²) in [5, 5.41) is 30.5. The van der Waals surface area contributed by atoms with Crippen molar-refractivity contribution in [1.29, 1.82) is 0 Å². The molecule has 0 aliphatic carbocycles. The van der Waals surface area contributed by atoms with Gasteiger partial charge in [-0.3, -0.25) is 4.79 Å². The first-order chi connectivity index (χ1) is 20.6. The molecule has 0 saturated carbocycles. The predicted molar refractivity (Wildman–Crippen MR) is 156 cm³/mol. The van der Waals surface area contributed by atoms with Crippen LogP contribution in [-0.2, 0) is 16.7 Å². The lowest BCUT2D eigenvalue weighted by Crippen LogP contribution is -2.17. The van der Waals surface area contributed by atoms with Gasteiger partial charge in [-0.2, -0.15) is 8.42 Å². The van der Waals surface area contributed by atoms with Crippen LogP contribution in [0.25, 0.3) is 22.3 Å². The number of methoxy groups -OCH3 is 2. The van der Waals surface area contributed by atoms with Gasteiger partial charge in [0.05, 0.1) is 14.2 Å². The van der Waals surface area contributed by atoms with Crippen molar-refractivity contribution in [2.75, 3.05) is 14.2 Å². The molecule has 5 rings (SSSR count). The Labute approximate surface area is 245 Å². The van der Waals surface area contributed by atoms with Crippen LogP contribution in [0, 0.1) is 6.92 Å². The highest BCUT2D eigenvalue weighted by molar-refractivity contribution is 7.87. The van der Waals surface area contributed by atoms with Gasteiger partial charge in [0, 0.05) is 5.56 Å². The zero-order valence-corrected chi connectivity index (χ0v) is 24.0. The standard InChI is InChI=1S/C31H26O11S/c1-17-9-12-20(13-10-17)43(36,37)42-31-25(33)23-24(32)26(34)27(35)30(39-3)29(23)41-28(31)19-11-14-21(22(15-19)38-2)40-16-18-7-5-4-6-8-18/h4-15,32,34-35H,16H2,1-3H3. The van der Waals surface area contributed by atoms with E-state index < -0.39 is 61.0 Å². The van der Waals surface area contributed by atoms with E-state index in [9.17, 15) is 28.5 Å². The quantitative estimate of drug-likeness (QED) is 0.148. The fourth-order valence-corrected chi connectivity index (χ4v) is 5.26. The summed E-state index contributed by atoms with van der Waals surface area (Å²) in [6.45, 7) is 2.00. The fourth-order valence-electron chi connectivity index (χ4n) is 4.32. The van der Waals surface area contributed by atoms with Crippen molar-refractivity contribution in [3.8, 4) is 51.6 Å². The summed E-state index contributed by atoms with van der Waals surface area (Å²) in [6.07, 6.45) is 0. The lowest BCUT2D eigenvalue weighted by Gasteiger charge is -2.16. The average Bonchev–Trinajstić information content (AvgIpc) is 3.01. The summed E-state index contributed by atoms with van der Waals surface area (Å²) in [4.78, 5) is 13.6. The minimum absolute atomic E-state index is 0.117. The molecular formula is C31H26O11S. The number of hydrogen-bond acceptors (Lipinski definition) is 11. The Morgan fingerprint density at radius 3 is 2.14 bits per heavy atom. The third-order valence-electron chi connectivity index (χ3n) is 6.55. The molecule has 12 heteroatoms. The molecule has 0 aliphatic rings. The van der Waals surface area contributed by atoms with Gasteiger partial charge >= 0.3 is 10.1 Å². The zero-order valence-electron chi connectivity index (χ0n) is 23.2. The van der Waals surface area contributed by atoms with Crippen LogP contribution in [0.4, 0.5) is 0 Å². The Kier molecular flexibility index (Phi) is 7.79. The normalized spacial score (nSPS) is 11.3. The number of aryl methyl sites for hydroxylation is 1. The van der Waals surface area contributed by atoms with E-state index in [4.69, 9.17) is 22.8 Å². The van der Waals surface area contributed by atoms with E-state index in [0.29, 0.717) is 5.75 Å². The number of phenols is 3. The van der Waals surface area contributed by atoms with E-state index in [1.807, 2.05) is 30.3 Å². The molecule has 0 radical (unpaired) electrons. The molecule has 0 unspecified atom stereocenters. The lowest BCUT2D eigenvalue weighted by molar-refractivity contribution is 0.284. The van der Waals surface area contributed by atoms with E-state index in [1.165, 1.54) is 37.4 Å². The van der Waals surface area contributed by atoms with Crippen LogP contribution in [0.2, 0.25) is 0 Å². The number of ether oxygens (including phenoxy) is 3. The van der Waals surface area contributed by atoms with Crippen LogP contribution in [0.5, 0.6) is 40.2 Å². The molecule has 0 amide bonds.